The summed E-state index contributed by atoms with van der Waals surface area (Å²) >= 11 is 1.61. The molecule has 1 saturated heterocycles. The minimum atomic E-state index is 0.204. The van der Waals surface area contributed by atoms with Gasteiger partial charge in [-0.15, -0.1) is 0 Å². The minimum Gasteiger partial charge on any atom is -0.288 e. The molecule has 2 heterocycles. The zero-order valence-corrected chi connectivity index (χ0v) is 9.88. The van der Waals surface area contributed by atoms with E-state index in [4.69, 9.17) is 0 Å². The summed E-state index contributed by atoms with van der Waals surface area (Å²) in [5.74, 6) is 0.204. The van der Waals surface area contributed by atoms with Crippen LogP contribution in [0, 0.1) is 6.92 Å². The van der Waals surface area contributed by atoms with E-state index in [1.54, 1.807) is 16.2 Å². The van der Waals surface area contributed by atoms with Crippen LogP contribution in [0.2, 0.25) is 0 Å². The molecule has 1 aliphatic heterocycles. The smallest absolute Gasteiger partial charge is 0.228 e. The maximum atomic E-state index is 11.6. The minimum absolute atomic E-state index is 0.204. The number of anilines is 1. The van der Waals surface area contributed by atoms with Crippen LogP contribution in [0.5, 0.6) is 0 Å². The number of carbonyl (C=O) groups excluding carboxylic acids is 1. The molecule has 1 aromatic heterocycles. The Morgan fingerprint density at radius 3 is 3.06 bits per heavy atom. The average molecular weight is 232 g/mol. The van der Waals surface area contributed by atoms with Crippen molar-refractivity contribution in [2.24, 2.45) is 0 Å². The monoisotopic (exact) mass is 232 g/mol. The maximum Gasteiger partial charge on any atom is 0.228 e. The molecule has 0 unspecified atom stereocenters. The molecule has 82 valence electrons. The van der Waals surface area contributed by atoms with E-state index >= 15 is 0 Å². The summed E-state index contributed by atoms with van der Waals surface area (Å²) in [7, 11) is 0. The highest BCUT2D eigenvalue weighted by Crippen LogP contribution is 2.31. The van der Waals surface area contributed by atoms with Gasteiger partial charge in [0.05, 0.1) is 10.2 Å². The van der Waals surface area contributed by atoms with E-state index in [9.17, 15) is 4.79 Å². The number of fused-ring (bicyclic) bond motifs is 1. The van der Waals surface area contributed by atoms with Crippen molar-refractivity contribution in [3.8, 4) is 0 Å². The molecule has 1 aliphatic rings. The highest BCUT2D eigenvalue weighted by molar-refractivity contribution is 7.22. The van der Waals surface area contributed by atoms with Gasteiger partial charge in [0, 0.05) is 13.0 Å². The Morgan fingerprint density at radius 2 is 2.31 bits per heavy atom. The predicted octanol–water partition coefficient (Wildman–Crippen LogP) is 2.73. The van der Waals surface area contributed by atoms with Crippen molar-refractivity contribution in [2.45, 2.75) is 19.8 Å². The van der Waals surface area contributed by atoms with Crippen LogP contribution >= 0.6 is 11.3 Å². The molecular formula is C12H12N2OS. The van der Waals surface area contributed by atoms with E-state index in [0.29, 0.717) is 6.42 Å². The molecule has 0 N–H and O–H groups in total. The Morgan fingerprint density at radius 1 is 1.44 bits per heavy atom. The van der Waals surface area contributed by atoms with Gasteiger partial charge in [-0.2, -0.15) is 0 Å². The molecule has 3 rings (SSSR count). The highest BCUT2D eigenvalue weighted by Gasteiger charge is 2.24. The molecule has 0 bridgehead atoms. The molecule has 1 fully saturated rings. The first-order valence-corrected chi connectivity index (χ1v) is 6.23. The lowest BCUT2D eigenvalue weighted by atomic mass is 10.2. The molecule has 1 aromatic carbocycles. The van der Waals surface area contributed by atoms with Gasteiger partial charge in [-0.05, 0) is 31.0 Å². The van der Waals surface area contributed by atoms with E-state index in [1.807, 2.05) is 6.07 Å². The lowest BCUT2D eigenvalue weighted by Crippen LogP contribution is -2.23. The number of aryl methyl sites for hydroxylation is 1. The summed E-state index contributed by atoms with van der Waals surface area (Å²) < 4.78 is 1.16. The molecular weight excluding hydrogens is 220 g/mol. The van der Waals surface area contributed by atoms with E-state index in [2.05, 4.69) is 24.0 Å². The Bertz CT molecular complexity index is 561. The Hall–Kier alpha value is -1.42. The predicted molar refractivity (Wildman–Crippen MR) is 65.9 cm³/mol. The maximum absolute atomic E-state index is 11.6. The third-order valence-corrected chi connectivity index (χ3v) is 3.88. The molecule has 1 amide bonds. The van der Waals surface area contributed by atoms with Gasteiger partial charge in [-0.1, -0.05) is 17.4 Å². The zero-order chi connectivity index (χ0) is 11.1. The second kappa shape index (κ2) is 3.56. The van der Waals surface area contributed by atoms with Gasteiger partial charge in [0.15, 0.2) is 5.13 Å². The number of carbonyl (C=O) groups is 1. The summed E-state index contributed by atoms with van der Waals surface area (Å²) in [6.07, 6.45) is 1.61. The fraction of sp³-hybridized carbons (Fsp3) is 0.333. The molecule has 0 radical (unpaired) electrons. The van der Waals surface area contributed by atoms with Crippen molar-refractivity contribution in [1.82, 2.24) is 4.98 Å². The SMILES string of the molecule is Cc1ccc2nc(N3CCCC3=O)sc2c1. The van der Waals surface area contributed by atoms with Crippen molar-refractivity contribution in [1.29, 1.82) is 0 Å². The molecule has 16 heavy (non-hydrogen) atoms. The Kier molecular flexibility index (Phi) is 2.17. The van der Waals surface area contributed by atoms with Crippen LogP contribution in [0.1, 0.15) is 18.4 Å². The third kappa shape index (κ3) is 1.50. The van der Waals surface area contributed by atoms with Gasteiger partial charge in [0.1, 0.15) is 0 Å². The van der Waals surface area contributed by atoms with Crippen LogP contribution in [0.25, 0.3) is 10.2 Å². The van der Waals surface area contributed by atoms with Crippen LogP contribution in [-0.2, 0) is 4.79 Å². The first-order valence-electron chi connectivity index (χ1n) is 5.41. The highest BCUT2D eigenvalue weighted by atomic mass is 32.1. The van der Waals surface area contributed by atoms with Gasteiger partial charge in [-0.3, -0.25) is 9.69 Å². The van der Waals surface area contributed by atoms with Crippen LogP contribution in [0.3, 0.4) is 0 Å². The number of rotatable bonds is 1. The molecule has 3 nitrogen and oxygen atoms in total. The van der Waals surface area contributed by atoms with Crippen LogP contribution < -0.4 is 4.90 Å². The molecule has 0 saturated carbocycles. The van der Waals surface area contributed by atoms with Gasteiger partial charge in [0.25, 0.3) is 0 Å². The molecule has 0 aliphatic carbocycles. The lowest BCUT2D eigenvalue weighted by molar-refractivity contribution is -0.117. The number of amides is 1. The summed E-state index contributed by atoms with van der Waals surface area (Å²) in [6.45, 7) is 2.89. The number of hydrogen-bond donors (Lipinski definition) is 0. The second-order valence-corrected chi connectivity index (χ2v) is 5.13. The molecule has 0 atom stereocenters. The number of aromatic nitrogens is 1. The second-order valence-electron chi connectivity index (χ2n) is 4.12. The topological polar surface area (TPSA) is 33.2 Å². The largest absolute Gasteiger partial charge is 0.288 e. The van der Waals surface area contributed by atoms with E-state index < -0.39 is 0 Å². The van der Waals surface area contributed by atoms with Gasteiger partial charge >= 0.3 is 0 Å². The van der Waals surface area contributed by atoms with Crippen molar-refractivity contribution in [3.05, 3.63) is 23.8 Å². The fourth-order valence-corrected chi connectivity index (χ4v) is 3.09. The van der Waals surface area contributed by atoms with E-state index in [-0.39, 0.29) is 5.91 Å². The van der Waals surface area contributed by atoms with Crippen molar-refractivity contribution < 1.29 is 4.79 Å². The average Bonchev–Trinajstić information content (AvgIpc) is 2.82. The first kappa shape index (κ1) is 9.78. The number of hydrogen-bond acceptors (Lipinski definition) is 3. The van der Waals surface area contributed by atoms with Crippen LogP contribution in [-0.4, -0.2) is 17.4 Å². The molecule has 0 spiro atoms. The number of benzene rings is 1. The quantitative estimate of drug-likeness (QED) is 0.757. The van der Waals surface area contributed by atoms with Gasteiger partial charge in [-0.25, -0.2) is 4.98 Å². The van der Waals surface area contributed by atoms with Crippen LogP contribution in [0.4, 0.5) is 5.13 Å². The van der Waals surface area contributed by atoms with Gasteiger partial charge in [0.2, 0.25) is 5.91 Å². The van der Waals surface area contributed by atoms with Gasteiger partial charge < -0.3 is 0 Å². The lowest BCUT2D eigenvalue weighted by Gasteiger charge is -2.09. The third-order valence-electron chi connectivity index (χ3n) is 2.84. The molecule has 4 heteroatoms. The standard InChI is InChI=1S/C12H12N2OS/c1-8-4-5-9-10(7-8)16-12(13-9)14-6-2-3-11(14)15/h4-5,7H,2-3,6H2,1H3. The molecule has 2 aromatic rings. The van der Waals surface area contributed by atoms with Crippen molar-refractivity contribution >= 4 is 32.6 Å². The Labute approximate surface area is 97.7 Å². The normalized spacial score (nSPS) is 16.3. The van der Waals surface area contributed by atoms with Crippen molar-refractivity contribution in [3.63, 3.8) is 0 Å². The van der Waals surface area contributed by atoms with Crippen molar-refractivity contribution in [2.75, 3.05) is 11.4 Å². The zero-order valence-electron chi connectivity index (χ0n) is 9.06. The first-order chi connectivity index (χ1) is 7.74. The number of thiazole rings is 1. The van der Waals surface area contributed by atoms with E-state index in [0.717, 1.165) is 28.3 Å². The Balaban J connectivity index is 2.08. The summed E-state index contributed by atoms with van der Waals surface area (Å²) in [5.41, 5.74) is 2.22. The summed E-state index contributed by atoms with van der Waals surface area (Å²) in [4.78, 5) is 17.9. The summed E-state index contributed by atoms with van der Waals surface area (Å²) in [6, 6.07) is 6.19. The van der Waals surface area contributed by atoms with E-state index in [1.165, 1.54) is 5.56 Å². The van der Waals surface area contributed by atoms with Crippen LogP contribution in [0.15, 0.2) is 18.2 Å². The summed E-state index contributed by atoms with van der Waals surface area (Å²) in [5, 5.41) is 0.850. The fourth-order valence-electron chi connectivity index (χ4n) is 1.99. The number of nitrogens with zero attached hydrogens (tertiary/aromatic N) is 2.